The molecule has 0 spiro atoms. The van der Waals surface area contributed by atoms with Crippen LogP contribution in [0.1, 0.15) is 44.0 Å². The first-order valence-corrected chi connectivity index (χ1v) is 13.0. The van der Waals surface area contributed by atoms with Crippen LogP contribution in [0.25, 0.3) is 0 Å². The fraction of sp³-hybridized carbons (Fsp3) is 0.333. The van der Waals surface area contributed by atoms with E-state index in [1.54, 1.807) is 29.2 Å². The SMILES string of the molecule is NC(=O)c1nnc(N2CCCC(NC(=O)c3ccc(F)cc3)C2)nc1Nc1ccc(C(=O)N2CCOCC2)cc1. The summed E-state index contributed by atoms with van der Waals surface area (Å²) in [6.07, 6.45) is 1.51. The number of rotatable bonds is 7. The molecule has 13 heteroatoms. The summed E-state index contributed by atoms with van der Waals surface area (Å²) in [7, 11) is 0. The lowest BCUT2D eigenvalue weighted by Crippen LogP contribution is -2.48. The summed E-state index contributed by atoms with van der Waals surface area (Å²) in [5.74, 6) is -1.19. The molecule has 5 rings (SSSR count). The van der Waals surface area contributed by atoms with Crippen LogP contribution in [0.5, 0.6) is 0 Å². The maximum Gasteiger partial charge on any atom is 0.273 e. The molecule has 2 aromatic carbocycles. The summed E-state index contributed by atoms with van der Waals surface area (Å²) in [6, 6.07) is 12.0. The van der Waals surface area contributed by atoms with Crippen LogP contribution >= 0.6 is 0 Å². The second-order valence-corrected chi connectivity index (χ2v) is 9.55. The van der Waals surface area contributed by atoms with E-state index in [1.165, 1.54) is 24.3 Å². The molecule has 12 nitrogen and oxygen atoms in total. The topological polar surface area (TPSA) is 156 Å². The van der Waals surface area contributed by atoms with E-state index >= 15 is 0 Å². The highest BCUT2D eigenvalue weighted by Gasteiger charge is 2.26. The van der Waals surface area contributed by atoms with Gasteiger partial charge in [0, 0.05) is 49.0 Å². The number of aromatic nitrogens is 3. The Balaban J connectivity index is 1.28. The highest BCUT2D eigenvalue weighted by molar-refractivity contribution is 5.97. The summed E-state index contributed by atoms with van der Waals surface area (Å²) in [6.45, 7) is 3.17. The number of nitrogens with one attached hydrogen (secondary N) is 2. The van der Waals surface area contributed by atoms with Crippen LogP contribution in [-0.4, -0.2) is 83.2 Å². The average Bonchev–Trinajstić information content (AvgIpc) is 2.98. The average molecular weight is 549 g/mol. The van der Waals surface area contributed by atoms with Crippen LogP contribution in [0.15, 0.2) is 48.5 Å². The van der Waals surface area contributed by atoms with Crippen molar-refractivity contribution in [2.75, 3.05) is 49.6 Å². The van der Waals surface area contributed by atoms with Gasteiger partial charge in [-0.3, -0.25) is 14.4 Å². The van der Waals surface area contributed by atoms with Crippen LogP contribution in [0.4, 0.5) is 21.8 Å². The van der Waals surface area contributed by atoms with Gasteiger partial charge in [-0.25, -0.2) is 4.39 Å². The molecule has 2 fully saturated rings. The number of hydrogen-bond acceptors (Lipinski definition) is 9. The summed E-state index contributed by atoms with van der Waals surface area (Å²) < 4.78 is 18.5. The van der Waals surface area contributed by atoms with Crippen LogP contribution in [-0.2, 0) is 4.74 Å². The number of piperidine rings is 1. The smallest absolute Gasteiger partial charge is 0.273 e. The normalized spacial score (nSPS) is 17.3. The maximum atomic E-state index is 13.2. The van der Waals surface area contributed by atoms with Crippen molar-refractivity contribution in [3.63, 3.8) is 0 Å². The fourth-order valence-electron chi connectivity index (χ4n) is 4.63. The largest absolute Gasteiger partial charge is 0.378 e. The summed E-state index contributed by atoms with van der Waals surface area (Å²) in [5, 5.41) is 14.1. The number of morpholine rings is 1. The predicted octanol–water partition coefficient (Wildman–Crippen LogP) is 1.72. The van der Waals surface area contributed by atoms with E-state index in [-0.39, 0.29) is 35.3 Å². The van der Waals surface area contributed by atoms with Crippen molar-refractivity contribution in [2.24, 2.45) is 5.73 Å². The monoisotopic (exact) mass is 548 g/mol. The molecule has 2 aliphatic heterocycles. The molecule has 2 saturated heterocycles. The Kier molecular flexibility index (Phi) is 8.10. The lowest BCUT2D eigenvalue weighted by molar-refractivity contribution is 0.0303. The van der Waals surface area contributed by atoms with E-state index in [0.717, 1.165) is 12.8 Å². The molecule has 208 valence electrons. The van der Waals surface area contributed by atoms with E-state index < -0.39 is 11.7 Å². The summed E-state index contributed by atoms with van der Waals surface area (Å²) in [4.78, 5) is 45.5. The molecular formula is C27H29FN8O4. The Labute approximate surface area is 229 Å². The molecule has 3 heterocycles. The number of amides is 3. The molecule has 0 saturated carbocycles. The third kappa shape index (κ3) is 6.31. The van der Waals surface area contributed by atoms with Crippen LogP contribution < -0.4 is 21.3 Å². The molecule has 4 N–H and O–H groups in total. The quantitative estimate of drug-likeness (QED) is 0.400. The Morgan fingerprint density at radius 3 is 2.35 bits per heavy atom. The summed E-state index contributed by atoms with van der Waals surface area (Å²) in [5.41, 5.74) is 6.87. The van der Waals surface area contributed by atoms with E-state index in [1.807, 2.05) is 4.90 Å². The Morgan fingerprint density at radius 1 is 0.950 bits per heavy atom. The highest BCUT2D eigenvalue weighted by Crippen LogP contribution is 2.23. The van der Waals surface area contributed by atoms with E-state index in [4.69, 9.17) is 10.5 Å². The van der Waals surface area contributed by atoms with Gasteiger partial charge in [0.05, 0.1) is 13.2 Å². The predicted molar refractivity (Wildman–Crippen MR) is 144 cm³/mol. The van der Waals surface area contributed by atoms with Crippen molar-refractivity contribution in [2.45, 2.75) is 18.9 Å². The molecule has 1 aromatic heterocycles. The van der Waals surface area contributed by atoms with Gasteiger partial charge in [-0.15, -0.1) is 10.2 Å². The van der Waals surface area contributed by atoms with Crippen molar-refractivity contribution in [3.8, 4) is 0 Å². The van der Waals surface area contributed by atoms with E-state index in [0.29, 0.717) is 56.2 Å². The third-order valence-corrected chi connectivity index (χ3v) is 6.75. The van der Waals surface area contributed by atoms with Gasteiger partial charge in [-0.2, -0.15) is 4.98 Å². The minimum absolute atomic E-state index is 0.0789. The number of hydrogen-bond donors (Lipinski definition) is 3. The molecule has 0 bridgehead atoms. The van der Waals surface area contributed by atoms with Crippen LogP contribution in [0.3, 0.4) is 0 Å². The minimum Gasteiger partial charge on any atom is -0.378 e. The maximum absolute atomic E-state index is 13.2. The number of carbonyl (C=O) groups is 3. The first-order chi connectivity index (χ1) is 19.4. The molecule has 1 atom stereocenters. The van der Waals surface area contributed by atoms with E-state index in [9.17, 15) is 18.8 Å². The minimum atomic E-state index is -0.795. The molecule has 40 heavy (non-hydrogen) atoms. The first kappa shape index (κ1) is 26.9. The van der Waals surface area contributed by atoms with Crippen molar-refractivity contribution < 1.29 is 23.5 Å². The molecule has 2 aliphatic rings. The Morgan fingerprint density at radius 2 is 1.65 bits per heavy atom. The molecule has 0 radical (unpaired) electrons. The summed E-state index contributed by atoms with van der Waals surface area (Å²) >= 11 is 0. The fourth-order valence-corrected chi connectivity index (χ4v) is 4.63. The van der Waals surface area contributed by atoms with Crippen molar-refractivity contribution in [1.82, 2.24) is 25.4 Å². The molecular weight excluding hydrogens is 519 g/mol. The van der Waals surface area contributed by atoms with Gasteiger partial charge < -0.3 is 30.9 Å². The van der Waals surface area contributed by atoms with Gasteiger partial charge in [-0.1, -0.05) is 0 Å². The van der Waals surface area contributed by atoms with Gasteiger partial charge in [0.2, 0.25) is 5.95 Å². The molecule has 1 unspecified atom stereocenters. The lowest BCUT2D eigenvalue weighted by atomic mass is 10.1. The number of anilines is 3. The number of halogens is 1. The van der Waals surface area contributed by atoms with Gasteiger partial charge in [0.25, 0.3) is 17.7 Å². The lowest BCUT2D eigenvalue weighted by Gasteiger charge is -2.33. The second-order valence-electron chi connectivity index (χ2n) is 9.55. The van der Waals surface area contributed by atoms with Gasteiger partial charge in [0.1, 0.15) is 5.82 Å². The zero-order valence-electron chi connectivity index (χ0n) is 21.7. The van der Waals surface area contributed by atoms with Gasteiger partial charge in [0.15, 0.2) is 11.5 Å². The number of nitrogens with zero attached hydrogens (tertiary/aromatic N) is 5. The third-order valence-electron chi connectivity index (χ3n) is 6.75. The van der Waals surface area contributed by atoms with Gasteiger partial charge >= 0.3 is 0 Å². The van der Waals surface area contributed by atoms with E-state index in [2.05, 4.69) is 25.8 Å². The standard InChI is InChI=1S/C27H29FN8O4/c28-19-7-3-17(4-8-19)25(38)31-21-2-1-11-36(16-21)27-32-24(22(23(29)37)33-34-27)30-20-9-5-18(6-10-20)26(39)35-12-14-40-15-13-35/h3-10,21H,1-2,11-16H2,(H2,29,37)(H,31,38)(H,30,32,34). The van der Waals surface area contributed by atoms with Crippen molar-refractivity contribution in [3.05, 3.63) is 71.2 Å². The molecule has 0 aliphatic carbocycles. The molecule has 3 amide bonds. The Hall–Kier alpha value is -4.65. The number of benzene rings is 2. The van der Waals surface area contributed by atoms with Crippen molar-refractivity contribution >= 4 is 35.2 Å². The zero-order valence-corrected chi connectivity index (χ0v) is 21.7. The Bertz CT molecular complexity index is 1380. The molecule has 3 aromatic rings. The number of nitrogens with two attached hydrogens (primary N) is 1. The van der Waals surface area contributed by atoms with Crippen molar-refractivity contribution in [1.29, 1.82) is 0 Å². The zero-order chi connectivity index (χ0) is 28.1. The number of ether oxygens (including phenoxy) is 1. The highest BCUT2D eigenvalue weighted by atomic mass is 19.1. The first-order valence-electron chi connectivity index (χ1n) is 13.0. The van der Waals surface area contributed by atoms with Crippen LogP contribution in [0.2, 0.25) is 0 Å². The number of primary amides is 1. The van der Waals surface area contributed by atoms with Gasteiger partial charge in [-0.05, 0) is 61.4 Å². The number of carbonyl (C=O) groups excluding carboxylic acids is 3. The van der Waals surface area contributed by atoms with Crippen LogP contribution in [0, 0.1) is 5.82 Å². The second kappa shape index (κ2) is 12.0.